The summed E-state index contributed by atoms with van der Waals surface area (Å²) < 4.78 is 21.8. The molecule has 2 heterocycles. The molecule has 0 aliphatic carbocycles. The zero-order valence-corrected chi connectivity index (χ0v) is 14.9. The number of carbonyl (C=O) groups excluding carboxylic acids is 1. The van der Waals surface area contributed by atoms with E-state index in [1.54, 1.807) is 20.3 Å². The molecule has 1 amide bonds. The molecule has 1 N–H and O–H groups in total. The Morgan fingerprint density at radius 2 is 2.12 bits per heavy atom. The molecule has 25 heavy (non-hydrogen) atoms. The molecule has 132 valence electrons. The lowest BCUT2D eigenvalue weighted by Crippen LogP contribution is -2.18. The van der Waals surface area contributed by atoms with E-state index in [-0.39, 0.29) is 12.7 Å². The van der Waals surface area contributed by atoms with Gasteiger partial charge in [-0.2, -0.15) is 5.10 Å². The first kappa shape index (κ1) is 17.1. The van der Waals surface area contributed by atoms with E-state index in [1.165, 1.54) is 11.3 Å². The molecule has 0 radical (unpaired) electrons. The van der Waals surface area contributed by atoms with Gasteiger partial charge in [-0.15, -0.1) is 11.3 Å². The van der Waals surface area contributed by atoms with Crippen molar-refractivity contribution in [1.82, 2.24) is 5.43 Å². The zero-order chi connectivity index (χ0) is 17.8. The summed E-state index contributed by atoms with van der Waals surface area (Å²) in [5, 5.41) is 6.00. The van der Waals surface area contributed by atoms with Gasteiger partial charge in [-0.1, -0.05) is 6.07 Å². The molecule has 0 bridgehead atoms. The van der Waals surface area contributed by atoms with Crippen LogP contribution in [0.1, 0.15) is 22.2 Å². The second kappa shape index (κ2) is 7.43. The molecule has 7 nitrogen and oxygen atoms in total. The number of nitrogens with one attached hydrogen (secondary N) is 1. The molecule has 8 heteroatoms. The van der Waals surface area contributed by atoms with Crippen molar-refractivity contribution in [1.29, 1.82) is 0 Å². The van der Waals surface area contributed by atoms with E-state index >= 15 is 0 Å². The summed E-state index contributed by atoms with van der Waals surface area (Å²) in [7, 11) is 3.11. The van der Waals surface area contributed by atoms with E-state index in [0.29, 0.717) is 40.0 Å². The van der Waals surface area contributed by atoms with E-state index in [0.717, 1.165) is 5.56 Å². The monoisotopic (exact) mass is 362 g/mol. The smallest absolute Gasteiger partial charge is 0.281 e. The first-order chi connectivity index (χ1) is 12.1. The van der Waals surface area contributed by atoms with Gasteiger partial charge in [0.1, 0.15) is 0 Å². The number of hydrazone groups is 1. The Morgan fingerprint density at radius 1 is 1.32 bits per heavy atom. The summed E-state index contributed by atoms with van der Waals surface area (Å²) in [5.41, 5.74) is 4.10. The van der Waals surface area contributed by atoms with E-state index < -0.39 is 0 Å². The largest absolute Gasteiger partial charge is 0.492 e. The summed E-state index contributed by atoms with van der Waals surface area (Å²) in [6.45, 7) is 1.97. The first-order valence-corrected chi connectivity index (χ1v) is 8.42. The SMILES string of the molecule is COc1c(C/C(C)=N/NC(=O)c2cccs2)cc2c(c1OC)OCO2. The van der Waals surface area contributed by atoms with Crippen molar-refractivity contribution in [2.24, 2.45) is 5.10 Å². The van der Waals surface area contributed by atoms with Gasteiger partial charge in [-0.25, -0.2) is 5.43 Å². The first-order valence-electron chi connectivity index (χ1n) is 7.54. The second-order valence-corrected chi connectivity index (χ2v) is 6.23. The van der Waals surface area contributed by atoms with Crippen LogP contribution in [0.3, 0.4) is 0 Å². The molecule has 1 aromatic carbocycles. The van der Waals surface area contributed by atoms with E-state index in [2.05, 4.69) is 10.5 Å². The van der Waals surface area contributed by atoms with Crippen LogP contribution in [0.5, 0.6) is 23.0 Å². The molecule has 1 aliphatic rings. The molecule has 1 aliphatic heterocycles. The van der Waals surface area contributed by atoms with E-state index in [1.807, 2.05) is 24.4 Å². The topological polar surface area (TPSA) is 78.4 Å². The number of hydrogen-bond acceptors (Lipinski definition) is 7. The van der Waals surface area contributed by atoms with Crippen LogP contribution >= 0.6 is 11.3 Å². The summed E-state index contributed by atoms with van der Waals surface area (Å²) in [5.74, 6) is 1.95. The van der Waals surface area contributed by atoms with Gasteiger partial charge in [0.05, 0.1) is 19.1 Å². The average molecular weight is 362 g/mol. The number of amides is 1. The Kier molecular flexibility index (Phi) is 5.08. The minimum absolute atomic E-state index is 0.141. The summed E-state index contributed by atoms with van der Waals surface area (Å²) in [6.07, 6.45) is 0.459. The minimum atomic E-state index is -0.232. The quantitative estimate of drug-likeness (QED) is 0.631. The van der Waals surface area contributed by atoms with Crippen molar-refractivity contribution in [3.63, 3.8) is 0 Å². The molecule has 0 unspecified atom stereocenters. The highest BCUT2D eigenvalue weighted by atomic mass is 32.1. The highest BCUT2D eigenvalue weighted by molar-refractivity contribution is 7.12. The molecule has 0 spiro atoms. The Morgan fingerprint density at radius 3 is 2.80 bits per heavy atom. The van der Waals surface area contributed by atoms with Crippen LogP contribution in [0.2, 0.25) is 0 Å². The van der Waals surface area contributed by atoms with Gasteiger partial charge in [0.15, 0.2) is 11.5 Å². The second-order valence-electron chi connectivity index (χ2n) is 5.28. The number of carbonyl (C=O) groups is 1. The fourth-order valence-electron chi connectivity index (χ4n) is 2.51. The van der Waals surface area contributed by atoms with Gasteiger partial charge in [0, 0.05) is 17.7 Å². The Labute approximate surface area is 149 Å². The fourth-order valence-corrected chi connectivity index (χ4v) is 3.12. The maximum absolute atomic E-state index is 12.0. The average Bonchev–Trinajstić information content (AvgIpc) is 3.29. The highest BCUT2D eigenvalue weighted by Crippen LogP contribution is 2.49. The Hall–Kier alpha value is -2.74. The Bertz CT molecular complexity index is 802. The maximum Gasteiger partial charge on any atom is 0.281 e. The third-order valence-corrected chi connectivity index (χ3v) is 4.47. The molecular weight excluding hydrogens is 344 g/mol. The predicted molar refractivity (Wildman–Crippen MR) is 94.3 cm³/mol. The summed E-state index contributed by atoms with van der Waals surface area (Å²) >= 11 is 1.36. The lowest BCUT2D eigenvalue weighted by molar-refractivity contribution is 0.0958. The van der Waals surface area contributed by atoms with Gasteiger partial charge in [-0.05, 0) is 24.4 Å². The van der Waals surface area contributed by atoms with Crippen LogP contribution in [0.25, 0.3) is 0 Å². The summed E-state index contributed by atoms with van der Waals surface area (Å²) in [4.78, 5) is 12.6. The number of benzene rings is 1. The number of nitrogens with zero attached hydrogens (tertiary/aromatic N) is 1. The van der Waals surface area contributed by atoms with Gasteiger partial charge < -0.3 is 18.9 Å². The van der Waals surface area contributed by atoms with E-state index in [9.17, 15) is 4.79 Å². The van der Waals surface area contributed by atoms with Gasteiger partial charge in [0.2, 0.25) is 18.3 Å². The van der Waals surface area contributed by atoms with Crippen LogP contribution in [0.15, 0.2) is 28.7 Å². The molecule has 0 fully saturated rings. The van der Waals surface area contributed by atoms with Crippen LogP contribution in [-0.2, 0) is 6.42 Å². The van der Waals surface area contributed by atoms with Crippen LogP contribution < -0.4 is 24.4 Å². The van der Waals surface area contributed by atoms with Crippen molar-refractivity contribution in [2.45, 2.75) is 13.3 Å². The van der Waals surface area contributed by atoms with Crippen LogP contribution in [0.4, 0.5) is 0 Å². The number of methoxy groups -OCH3 is 2. The third-order valence-electron chi connectivity index (χ3n) is 3.60. The molecule has 2 aromatic rings. The Balaban J connectivity index is 1.80. The molecule has 1 aromatic heterocycles. The molecule has 0 saturated carbocycles. The molecule has 0 saturated heterocycles. The molecule has 0 atom stereocenters. The van der Waals surface area contributed by atoms with E-state index in [4.69, 9.17) is 18.9 Å². The number of fused-ring (bicyclic) bond motifs is 1. The van der Waals surface area contributed by atoms with Crippen molar-refractivity contribution in [2.75, 3.05) is 21.0 Å². The number of ether oxygens (including phenoxy) is 4. The van der Waals surface area contributed by atoms with Crippen molar-refractivity contribution < 1.29 is 23.7 Å². The van der Waals surface area contributed by atoms with Gasteiger partial charge >= 0.3 is 0 Å². The lowest BCUT2D eigenvalue weighted by Gasteiger charge is -2.14. The van der Waals surface area contributed by atoms with Crippen molar-refractivity contribution in [3.8, 4) is 23.0 Å². The van der Waals surface area contributed by atoms with Crippen LogP contribution in [-0.4, -0.2) is 32.6 Å². The number of thiophene rings is 1. The highest BCUT2D eigenvalue weighted by Gasteiger charge is 2.26. The zero-order valence-electron chi connectivity index (χ0n) is 14.1. The fraction of sp³-hybridized carbons (Fsp3) is 0.294. The molecule has 3 rings (SSSR count). The number of hydrogen-bond donors (Lipinski definition) is 1. The molecular formula is C17H18N2O5S. The minimum Gasteiger partial charge on any atom is -0.492 e. The lowest BCUT2D eigenvalue weighted by atomic mass is 10.1. The van der Waals surface area contributed by atoms with Crippen molar-refractivity contribution >= 4 is 23.0 Å². The van der Waals surface area contributed by atoms with Gasteiger partial charge in [0.25, 0.3) is 5.91 Å². The van der Waals surface area contributed by atoms with Crippen molar-refractivity contribution in [3.05, 3.63) is 34.0 Å². The normalized spacial score (nSPS) is 12.8. The van der Waals surface area contributed by atoms with Crippen LogP contribution in [0, 0.1) is 0 Å². The predicted octanol–water partition coefficient (Wildman–Crippen LogP) is 2.84. The summed E-state index contributed by atoms with van der Waals surface area (Å²) in [6, 6.07) is 5.40. The standard InChI is InChI=1S/C17H18N2O5S/c1-10(18-19-17(20)13-5-4-6-25-13)7-11-8-12-15(24-9-23-12)16(22-3)14(11)21-2/h4-6,8H,7,9H2,1-3H3,(H,19,20)/b18-10+. The number of rotatable bonds is 6. The van der Waals surface area contributed by atoms with Gasteiger partial charge in [-0.3, -0.25) is 4.79 Å². The third kappa shape index (κ3) is 3.53. The maximum atomic E-state index is 12.0.